The molecule has 0 saturated heterocycles. The summed E-state index contributed by atoms with van der Waals surface area (Å²) in [5.74, 6) is 0.782. The van der Waals surface area contributed by atoms with Crippen LogP contribution in [0.2, 0.25) is 0 Å². The zero-order chi connectivity index (χ0) is 25.9. The number of allylic oxidation sites excluding steroid dienone is 3. The Balaban J connectivity index is 1.57. The smallest absolute Gasteiger partial charge is 0.374 e. The zero-order valence-corrected chi connectivity index (χ0v) is 21.4. The van der Waals surface area contributed by atoms with Crippen LogP contribution in [-0.4, -0.2) is 33.9 Å². The Labute approximate surface area is 217 Å². The Hall–Kier alpha value is -3.86. The second-order valence-electron chi connectivity index (χ2n) is 9.93. The molecule has 37 heavy (non-hydrogen) atoms. The van der Waals surface area contributed by atoms with Gasteiger partial charge in [0.25, 0.3) is 0 Å². The van der Waals surface area contributed by atoms with Gasteiger partial charge in [0, 0.05) is 47.7 Å². The molecule has 192 valence electrons. The van der Waals surface area contributed by atoms with Crippen LogP contribution in [0.25, 0.3) is 5.69 Å². The Bertz CT molecular complexity index is 1310. The van der Waals surface area contributed by atoms with Gasteiger partial charge in [0.15, 0.2) is 0 Å². The maximum absolute atomic E-state index is 12.3. The second kappa shape index (κ2) is 10.6. The molecule has 2 aromatic rings. The van der Waals surface area contributed by atoms with E-state index < -0.39 is 5.97 Å². The molecule has 2 unspecified atom stereocenters. The lowest BCUT2D eigenvalue weighted by Gasteiger charge is -2.33. The van der Waals surface area contributed by atoms with E-state index in [2.05, 4.69) is 18.0 Å². The van der Waals surface area contributed by atoms with Gasteiger partial charge in [-0.3, -0.25) is 9.56 Å². The summed E-state index contributed by atoms with van der Waals surface area (Å²) in [4.78, 5) is 21.7. The normalized spacial score (nSPS) is 22.5. The van der Waals surface area contributed by atoms with Gasteiger partial charge >= 0.3 is 5.97 Å². The van der Waals surface area contributed by atoms with E-state index >= 15 is 0 Å². The predicted molar refractivity (Wildman–Crippen MR) is 140 cm³/mol. The summed E-state index contributed by atoms with van der Waals surface area (Å²) in [6.45, 7) is 4.20. The molecular formula is C29H33N5O3. The van der Waals surface area contributed by atoms with Crippen LogP contribution in [-0.2, 0) is 9.47 Å². The highest BCUT2D eigenvalue weighted by Gasteiger charge is 2.39. The van der Waals surface area contributed by atoms with Crippen molar-refractivity contribution in [2.24, 2.45) is 16.6 Å². The molecule has 3 heterocycles. The van der Waals surface area contributed by atoms with Gasteiger partial charge in [-0.2, -0.15) is 5.26 Å². The highest BCUT2D eigenvalue weighted by Crippen LogP contribution is 2.45. The first-order valence-corrected chi connectivity index (χ1v) is 13.2. The average molecular weight is 500 g/mol. The molecule has 2 atom stereocenters. The Morgan fingerprint density at radius 3 is 2.68 bits per heavy atom. The van der Waals surface area contributed by atoms with E-state index in [-0.39, 0.29) is 30.3 Å². The third-order valence-corrected chi connectivity index (χ3v) is 7.52. The summed E-state index contributed by atoms with van der Waals surface area (Å²) in [6, 6.07) is 10.4. The minimum absolute atomic E-state index is 0.173. The molecule has 1 saturated carbocycles. The fourth-order valence-corrected chi connectivity index (χ4v) is 5.72. The number of benzene rings is 1. The van der Waals surface area contributed by atoms with Crippen molar-refractivity contribution >= 4 is 11.7 Å². The number of nitrogens with two attached hydrogens (primary N) is 1. The number of rotatable bonds is 5. The van der Waals surface area contributed by atoms with Crippen molar-refractivity contribution in [3.63, 3.8) is 0 Å². The largest absolute Gasteiger partial charge is 0.460 e. The van der Waals surface area contributed by atoms with Crippen molar-refractivity contribution in [1.29, 1.82) is 5.26 Å². The highest BCUT2D eigenvalue weighted by molar-refractivity contribution is 6.05. The van der Waals surface area contributed by atoms with Gasteiger partial charge < -0.3 is 15.2 Å². The molecule has 0 spiro atoms. The number of imidazole rings is 1. The zero-order valence-electron chi connectivity index (χ0n) is 21.4. The number of carbonyl (C=O) groups is 1. The summed E-state index contributed by atoms with van der Waals surface area (Å²) in [5.41, 5.74) is 10.6. The molecule has 0 amide bonds. The number of ether oxygens (including phenoxy) is 2. The van der Waals surface area contributed by atoms with Crippen LogP contribution in [0, 0.1) is 17.2 Å². The number of esters is 1. The Morgan fingerprint density at radius 1 is 1.22 bits per heavy atom. The first-order chi connectivity index (χ1) is 18.0. The number of nitriles is 1. The molecule has 0 radical (unpaired) electrons. The molecule has 0 bridgehead atoms. The van der Waals surface area contributed by atoms with Gasteiger partial charge in [-0.15, -0.1) is 0 Å². The molecule has 8 heteroatoms. The van der Waals surface area contributed by atoms with E-state index in [0.29, 0.717) is 11.5 Å². The highest BCUT2D eigenvalue weighted by atomic mass is 16.5. The molecule has 1 aromatic heterocycles. The first kappa shape index (κ1) is 24.8. The van der Waals surface area contributed by atoms with Crippen molar-refractivity contribution in [3.8, 4) is 11.8 Å². The van der Waals surface area contributed by atoms with Gasteiger partial charge in [-0.1, -0.05) is 31.4 Å². The number of aromatic nitrogens is 2. The molecule has 1 aliphatic carbocycles. The number of carbonyl (C=O) groups excluding carboxylic acids is 1. The van der Waals surface area contributed by atoms with Crippen molar-refractivity contribution in [1.82, 2.24) is 9.55 Å². The number of hydrogen-bond acceptors (Lipinski definition) is 7. The lowest BCUT2D eigenvalue weighted by molar-refractivity contribution is 0.0510. The second-order valence-corrected chi connectivity index (χ2v) is 9.93. The van der Waals surface area contributed by atoms with Gasteiger partial charge in [-0.25, -0.2) is 9.78 Å². The number of nitrogens with zero attached hydrogens (tertiary/aromatic N) is 4. The van der Waals surface area contributed by atoms with E-state index in [4.69, 9.17) is 20.2 Å². The Kier molecular flexibility index (Phi) is 7.13. The fraction of sp³-hybridized carbons (Fsp3) is 0.448. The van der Waals surface area contributed by atoms with Crippen LogP contribution in [0.4, 0.5) is 0 Å². The van der Waals surface area contributed by atoms with E-state index in [9.17, 15) is 10.1 Å². The Morgan fingerprint density at radius 2 is 1.97 bits per heavy atom. The van der Waals surface area contributed by atoms with Crippen LogP contribution in [0.5, 0.6) is 0 Å². The molecule has 2 N–H and O–H groups in total. The van der Waals surface area contributed by atoms with Crippen LogP contribution in [0.15, 0.2) is 64.4 Å². The maximum Gasteiger partial charge on any atom is 0.374 e. The van der Waals surface area contributed by atoms with Gasteiger partial charge in [0.05, 0.1) is 12.5 Å². The van der Waals surface area contributed by atoms with E-state index in [1.54, 1.807) is 23.9 Å². The standard InChI is InChI=1S/C29H33N5O3/c1-3-36-29(35)28-32-15-16-34(28)21-12-10-19(11-13-21)24-22(17-30)27(31)37-23-14-9-18(2)33-26(25(23)24)20-7-5-4-6-8-20/h10-13,15-16,18,20,24H,3-9,14,31H2,1-2H3. The van der Waals surface area contributed by atoms with E-state index in [0.717, 1.165) is 54.0 Å². The van der Waals surface area contributed by atoms with E-state index in [1.807, 2.05) is 24.3 Å². The summed E-state index contributed by atoms with van der Waals surface area (Å²) in [6.07, 6.45) is 10.8. The fourth-order valence-electron chi connectivity index (χ4n) is 5.72. The lowest BCUT2D eigenvalue weighted by Crippen LogP contribution is -2.29. The van der Waals surface area contributed by atoms with Crippen molar-refractivity contribution in [2.45, 2.75) is 70.8 Å². The maximum atomic E-state index is 12.3. The summed E-state index contributed by atoms with van der Waals surface area (Å²) in [7, 11) is 0. The SMILES string of the molecule is CCOC(=O)c1nccn1-c1ccc(C2C(C#N)=C(N)OC3=C2C(C2CCCCC2)=NC(C)CC3)cc1. The topological polar surface area (TPSA) is 116 Å². The molecule has 8 nitrogen and oxygen atoms in total. The molecule has 3 aliphatic rings. The minimum atomic E-state index is -0.473. The van der Waals surface area contributed by atoms with Crippen LogP contribution in [0.1, 0.15) is 80.9 Å². The third-order valence-electron chi connectivity index (χ3n) is 7.52. The third kappa shape index (κ3) is 4.78. The summed E-state index contributed by atoms with van der Waals surface area (Å²) in [5, 5.41) is 10.2. The van der Waals surface area contributed by atoms with Crippen molar-refractivity contribution < 1.29 is 14.3 Å². The minimum Gasteiger partial charge on any atom is -0.460 e. The quantitative estimate of drug-likeness (QED) is 0.557. The van der Waals surface area contributed by atoms with E-state index in [1.165, 1.54) is 19.3 Å². The average Bonchev–Trinajstić information content (AvgIpc) is 3.35. The predicted octanol–water partition coefficient (Wildman–Crippen LogP) is 5.31. The van der Waals surface area contributed by atoms with Gasteiger partial charge in [0.1, 0.15) is 17.4 Å². The molecule has 2 aliphatic heterocycles. The van der Waals surface area contributed by atoms with Crippen LogP contribution >= 0.6 is 0 Å². The number of aliphatic imine (C=N–C) groups is 1. The molecular weight excluding hydrogens is 466 g/mol. The van der Waals surface area contributed by atoms with Crippen molar-refractivity contribution in [2.75, 3.05) is 6.61 Å². The van der Waals surface area contributed by atoms with Gasteiger partial charge in [0.2, 0.25) is 11.7 Å². The summed E-state index contributed by atoms with van der Waals surface area (Å²) >= 11 is 0. The van der Waals surface area contributed by atoms with Crippen LogP contribution in [0.3, 0.4) is 0 Å². The van der Waals surface area contributed by atoms with Gasteiger partial charge in [-0.05, 0) is 50.8 Å². The van der Waals surface area contributed by atoms with Crippen molar-refractivity contribution in [3.05, 3.63) is 70.8 Å². The molecule has 1 fully saturated rings. The molecule has 5 rings (SSSR count). The molecule has 1 aromatic carbocycles. The number of hydrogen-bond donors (Lipinski definition) is 1. The summed E-state index contributed by atoms with van der Waals surface area (Å²) < 4.78 is 13.0. The first-order valence-electron chi connectivity index (χ1n) is 13.2. The van der Waals surface area contributed by atoms with Crippen LogP contribution < -0.4 is 5.73 Å². The lowest BCUT2D eigenvalue weighted by atomic mass is 9.74. The monoisotopic (exact) mass is 499 g/mol.